The molecule has 1 rings (SSSR count). The number of likely N-dealkylation sites (N-methyl/N-ethyl adjacent to an activating group) is 1. The first-order valence-electron chi connectivity index (χ1n) is 3.72. The van der Waals surface area contributed by atoms with Crippen molar-refractivity contribution in [1.82, 2.24) is 10.2 Å². The standard InChI is InChI=1S/C7H16N2O.2ClH/c1-7(6-10)5-8-3-4-9(7)2;;/h8,10H,3-6H2,1-2H3;2*1H. The average Bonchev–Trinajstić information content (AvgIpc) is 1.96. The third kappa shape index (κ3) is 3.07. The quantitative estimate of drug-likeness (QED) is 0.654. The van der Waals surface area contributed by atoms with E-state index in [4.69, 9.17) is 5.11 Å². The minimum Gasteiger partial charge on any atom is -0.394 e. The van der Waals surface area contributed by atoms with E-state index in [1.54, 1.807) is 0 Å². The molecule has 1 fully saturated rings. The van der Waals surface area contributed by atoms with Crippen LogP contribution in [0, 0.1) is 0 Å². The fourth-order valence-electron chi connectivity index (χ4n) is 1.19. The summed E-state index contributed by atoms with van der Waals surface area (Å²) in [5.41, 5.74) is -0.0434. The SMILES string of the molecule is CN1CCNCC1(C)CO.Cl.Cl. The summed E-state index contributed by atoms with van der Waals surface area (Å²) in [6, 6.07) is 0. The van der Waals surface area contributed by atoms with Gasteiger partial charge in [0.25, 0.3) is 0 Å². The molecule has 1 saturated heterocycles. The summed E-state index contributed by atoms with van der Waals surface area (Å²) in [6.45, 7) is 5.25. The number of aliphatic hydroxyl groups excluding tert-OH is 1. The maximum atomic E-state index is 9.04. The van der Waals surface area contributed by atoms with Crippen LogP contribution in [0.1, 0.15) is 6.92 Å². The van der Waals surface area contributed by atoms with E-state index < -0.39 is 0 Å². The van der Waals surface area contributed by atoms with E-state index in [1.165, 1.54) is 0 Å². The third-order valence-corrected chi connectivity index (χ3v) is 2.39. The highest BCUT2D eigenvalue weighted by atomic mass is 35.5. The Balaban J connectivity index is 0. The summed E-state index contributed by atoms with van der Waals surface area (Å²) >= 11 is 0. The fourth-order valence-corrected chi connectivity index (χ4v) is 1.19. The molecule has 1 atom stereocenters. The molecular weight excluding hydrogens is 199 g/mol. The Hall–Kier alpha value is 0.460. The lowest BCUT2D eigenvalue weighted by atomic mass is 10.00. The molecular formula is C7H18Cl2N2O. The second kappa shape index (κ2) is 6.00. The Labute approximate surface area is 86.3 Å². The first kappa shape index (κ1) is 15.0. The number of rotatable bonds is 1. The summed E-state index contributed by atoms with van der Waals surface area (Å²) in [5.74, 6) is 0. The number of nitrogens with one attached hydrogen (secondary N) is 1. The minimum absolute atomic E-state index is 0. The van der Waals surface area contributed by atoms with Gasteiger partial charge in [-0.25, -0.2) is 0 Å². The molecule has 1 unspecified atom stereocenters. The lowest BCUT2D eigenvalue weighted by Crippen LogP contribution is -2.59. The Morgan fingerprint density at radius 2 is 2.08 bits per heavy atom. The van der Waals surface area contributed by atoms with E-state index >= 15 is 0 Å². The van der Waals surface area contributed by atoms with Crippen LogP contribution in [-0.2, 0) is 0 Å². The summed E-state index contributed by atoms with van der Waals surface area (Å²) in [4.78, 5) is 2.20. The number of aliphatic hydroxyl groups is 1. The second-order valence-corrected chi connectivity index (χ2v) is 3.25. The molecule has 1 aliphatic heterocycles. The van der Waals surface area contributed by atoms with Crippen molar-refractivity contribution in [3.05, 3.63) is 0 Å². The molecule has 0 aromatic carbocycles. The molecule has 0 aromatic heterocycles. The third-order valence-electron chi connectivity index (χ3n) is 2.39. The van der Waals surface area contributed by atoms with E-state index in [2.05, 4.69) is 24.2 Å². The molecule has 0 aliphatic carbocycles. The minimum atomic E-state index is -0.0434. The molecule has 1 aliphatic rings. The van der Waals surface area contributed by atoms with Gasteiger partial charge >= 0.3 is 0 Å². The molecule has 0 radical (unpaired) electrons. The highest BCUT2D eigenvalue weighted by Crippen LogP contribution is 2.12. The zero-order valence-corrected chi connectivity index (χ0v) is 9.17. The first-order valence-corrected chi connectivity index (χ1v) is 3.72. The van der Waals surface area contributed by atoms with Gasteiger partial charge in [0, 0.05) is 19.6 Å². The molecule has 3 nitrogen and oxygen atoms in total. The molecule has 0 saturated carbocycles. The zero-order chi connectivity index (χ0) is 7.61. The van der Waals surface area contributed by atoms with Gasteiger partial charge in [0.15, 0.2) is 0 Å². The Bertz CT molecular complexity index is 126. The maximum absolute atomic E-state index is 9.04. The van der Waals surface area contributed by atoms with Crippen LogP contribution in [0.25, 0.3) is 0 Å². The summed E-state index contributed by atoms with van der Waals surface area (Å²) in [5, 5.41) is 12.3. The van der Waals surface area contributed by atoms with E-state index in [1.807, 2.05) is 0 Å². The Morgan fingerprint density at radius 3 is 2.42 bits per heavy atom. The number of hydrogen-bond acceptors (Lipinski definition) is 3. The highest BCUT2D eigenvalue weighted by molar-refractivity contribution is 5.85. The van der Waals surface area contributed by atoms with Gasteiger partial charge in [-0.3, -0.25) is 4.90 Å². The van der Waals surface area contributed by atoms with E-state index in [0.29, 0.717) is 0 Å². The van der Waals surface area contributed by atoms with Crippen molar-refractivity contribution in [2.75, 3.05) is 33.3 Å². The number of piperazine rings is 1. The summed E-state index contributed by atoms with van der Waals surface area (Å²) < 4.78 is 0. The highest BCUT2D eigenvalue weighted by Gasteiger charge is 2.30. The van der Waals surface area contributed by atoms with Crippen LogP contribution in [0.15, 0.2) is 0 Å². The topological polar surface area (TPSA) is 35.5 Å². The van der Waals surface area contributed by atoms with Gasteiger partial charge in [0.1, 0.15) is 0 Å². The summed E-state index contributed by atoms with van der Waals surface area (Å²) in [6.07, 6.45) is 0. The number of nitrogens with zero attached hydrogens (tertiary/aromatic N) is 1. The monoisotopic (exact) mass is 216 g/mol. The van der Waals surface area contributed by atoms with E-state index in [-0.39, 0.29) is 37.0 Å². The number of halogens is 2. The largest absolute Gasteiger partial charge is 0.394 e. The Morgan fingerprint density at radius 1 is 1.50 bits per heavy atom. The molecule has 76 valence electrons. The van der Waals surface area contributed by atoms with Crippen LogP contribution < -0.4 is 5.32 Å². The van der Waals surface area contributed by atoms with Gasteiger partial charge in [-0.2, -0.15) is 0 Å². The van der Waals surface area contributed by atoms with Gasteiger partial charge in [0.2, 0.25) is 0 Å². The second-order valence-electron chi connectivity index (χ2n) is 3.25. The van der Waals surface area contributed by atoms with Gasteiger partial charge < -0.3 is 10.4 Å². The molecule has 5 heteroatoms. The summed E-state index contributed by atoms with van der Waals surface area (Å²) in [7, 11) is 2.05. The van der Waals surface area contributed by atoms with Crippen LogP contribution in [0.4, 0.5) is 0 Å². The van der Waals surface area contributed by atoms with Crippen molar-refractivity contribution >= 4 is 24.8 Å². The predicted octanol–water partition coefficient (Wildman–Crippen LogP) is 0.116. The lowest BCUT2D eigenvalue weighted by Gasteiger charge is -2.41. The van der Waals surface area contributed by atoms with Crippen molar-refractivity contribution in [3.8, 4) is 0 Å². The van der Waals surface area contributed by atoms with Crippen LogP contribution in [0.3, 0.4) is 0 Å². The van der Waals surface area contributed by atoms with Crippen molar-refractivity contribution in [2.24, 2.45) is 0 Å². The van der Waals surface area contributed by atoms with Gasteiger partial charge in [-0.1, -0.05) is 0 Å². The van der Waals surface area contributed by atoms with Crippen LogP contribution >= 0.6 is 24.8 Å². The lowest BCUT2D eigenvalue weighted by molar-refractivity contribution is 0.0443. The molecule has 0 aromatic rings. The van der Waals surface area contributed by atoms with Gasteiger partial charge in [-0.05, 0) is 14.0 Å². The van der Waals surface area contributed by atoms with Crippen molar-refractivity contribution in [3.63, 3.8) is 0 Å². The van der Waals surface area contributed by atoms with Crippen molar-refractivity contribution in [2.45, 2.75) is 12.5 Å². The molecule has 1 heterocycles. The number of hydrogen-bond donors (Lipinski definition) is 2. The molecule has 12 heavy (non-hydrogen) atoms. The average molecular weight is 217 g/mol. The van der Waals surface area contributed by atoms with Crippen LogP contribution in [0.5, 0.6) is 0 Å². The van der Waals surface area contributed by atoms with Crippen LogP contribution in [-0.4, -0.2) is 48.8 Å². The van der Waals surface area contributed by atoms with Crippen molar-refractivity contribution < 1.29 is 5.11 Å². The molecule has 2 N–H and O–H groups in total. The predicted molar refractivity (Wildman–Crippen MR) is 55.5 cm³/mol. The van der Waals surface area contributed by atoms with E-state index in [0.717, 1.165) is 19.6 Å². The van der Waals surface area contributed by atoms with Crippen LogP contribution in [0.2, 0.25) is 0 Å². The normalized spacial score (nSPS) is 30.2. The molecule has 0 amide bonds. The van der Waals surface area contributed by atoms with Crippen molar-refractivity contribution in [1.29, 1.82) is 0 Å². The van der Waals surface area contributed by atoms with Gasteiger partial charge in [0.05, 0.1) is 12.1 Å². The zero-order valence-electron chi connectivity index (χ0n) is 7.54. The molecule has 0 spiro atoms. The first-order chi connectivity index (χ1) is 4.69. The maximum Gasteiger partial charge on any atom is 0.0625 e. The Kier molecular flexibility index (Phi) is 7.47. The fraction of sp³-hybridized carbons (Fsp3) is 1.00. The van der Waals surface area contributed by atoms with Gasteiger partial charge in [-0.15, -0.1) is 24.8 Å². The van der Waals surface area contributed by atoms with E-state index in [9.17, 15) is 0 Å². The molecule has 0 bridgehead atoms. The smallest absolute Gasteiger partial charge is 0.0625 e.